The maximum absolute atomic E-state index is 4.52. The molecule has 3 nitrogen and oxygen atoms in total. The number of aromatic nitrogens is 1. The normalized spacial score (nSPS) is 27.1. The molecule has 102 valence electrons. The average Bonchev–Trinajstić information content (AvgIpc) is 2.80. The zero-order valence-corrected chi connectivity index (χ0v) is 12.8. The van der Waals surface area contributed by atoms with Crippen molar-refractivity contribution in [2.24, 2.45) is 0 Å². The van der Waals surface area contributed by atoms with Crippen molar-refractivity contribution in [2.45, 2.75) is 51.6 Å². The molecule has 1 aliphatic heterocycles. The van der Waals surface area contributed by atoms with Crippen LogP contribution in [0.2, 0.25) is 0 Å². The van der Waals surface area contributed by atoms with E-state index in [9.17, 15) is 0 Å². The first-order valence-electron chi connectivity index (χ1n) is 6.88. The Labute approximate surface area is 115 Å². The minimum Gasteiger partial charge on any atom is -0.310 e. The van der Waals surface area contributed by atoms with Gasteiger partial charge >= 0.3 is 0 Å². The highest BCUT2D eigenvalue weighted by atomic mass is 32.1. The van der Waals surface area contributed by atoms with Crippen LogP contribution in [0.4, 0.5) is 0 Å². The van der Waals surface area contributed by atoms with Gasteiger partial charge in [-0.05, 0) is 40.2 Å². The van der Waals surface area contributed by atoms with Gasteiger partial charge in [0.25, 0.3) is 0 Å². The SMILES string of the molecule is CCC1(C)CN(C(C)(C)c2nccs2)CCCN1. The Balaban J connectivity index is 2.20. The highest BCUT2D eigenvalue weighted by molar-refractivity contribution is 7.09. The highest BCUT2D eigenvalue weighted by Crippen LogP contribution is 2.32. The van der Waals surface area contributed by atoms with E-state index in [1.807, 2.05) is 6.20 Å². The van der Waals surface area contributed by atoms with Crippen LogP contribution in [0.1, 0.15) is 45.5 Å². The van der Waals surface area contributed by atoms with E-state index in [-0.39, 0.29) is 11.1 Å². The van der Waals surface area contributed by atoms with Crippen molar-refractivity contribution >= 4 is 11.3 Å². The number of hydrogen-bond donors (Lipinski definition) is 1. The van der Waals surface area contributed by atoms with Gasteiger partial charge in [-0.2, -0.15) is 0 Å². The van der Waals surface area contributed by atoms with Gasteiger partial charge in [0.15, 0.2) is 0 Å². The molecule has 1 N–H and O–H groups in total. The van der Waals surface area contributed by atoms with Crippen LogP contribution in [0.15, 0.2) is 11.6 Å². The summed E-state index contributed by atoms with van der Waals surface area (Å²) in [5, 5.41) is 7.00. The first-order valence-corrected chi connectivity index (χ1v) is 7.76. The van der Waals surface area contributed by atoms with Crippen molar-refractivity contribution in [1.82, 2.24) is 15.2 Å². The number of nitrogens with zero attached hydrogens (tertiary/aromatic N) is 2. The second-order valence-corrected chi connectivity index (χ2v) is 6.91. The standard InChI is InChI=1S/C14H25N3S/c1-5-14(4)11-17(9-6-7-16-14)13(2,3)12-15-8-10-18-12/h8,10,16H,5-7,9,11H2,1-4H3. The molecule has 0 amide bonds. The van der Waals surface area contributed by atoms with Gasteiger partial charge in [-0.3, -0.25) is 4.90 Å². The summed E-state index contributed by atoms with van der Waals surface area (Å²) in [6, 6.07) is 0. The summed E-state index contributed by atoms with van der Waals surface area (Å²) in [6.07, 6.45) is 4.29. The van der Waals surface area contributed by atoms with Gasteiger partial charge in [0, 0.05) is 30.2 Å². The summed E-state index contributed by atoms with van der Waals surface area (Å²) in [5.74, 6) is 0. The summed E-state index contributed by atoms with van der Waals surface area (Å²) >= 11 is 1.76. The van der Waals surface area contributed by atoms with E-state index < -0.39 is 0 Å². The summed E-state index contributed by atoms with van der Waals surface area (Å²) in [7, 11) is 0. The molecule has 1 unspecified atom stereocenters. The highest BCUT2D eigenvalue weighted by Gasteiger charge is 2.36. The molecule has 4 heteroatoms. The first-order chi connectivity index (χ1) is 8.48. The van der Waals surface area contributed by atoms with E-state index in [0.717, 1.165) is 26.1 Å². The molecule has 1 aliphatic rings. The van der Waals surface area contributed by atoms with E-state index in [1.165, 1.54) is 11.4 Å². The van der Waals surface area contributed by atoms with Crippen molar-refractivity contribution in [3.05, 3.63) is 16.6 Å². The molecule has 0 radical (unpaired) electrons. The van der Waals surface area contributed by atoms with Crippen LogP contribution in [-0.4, -0.2) is 35.1 Å². The summed E-state index contributed by atoms with van der Waals surface area (Å²) in [4.78, 5) is 7.12. The third kappa shape index (κ3) is 2.76. The molecular formula is C14H25N3S. The summed E-state index contributed by atoms with van der Waals surface area (Å²) in [6.45, 7) is 12.6. The van der Waals surface area contributed by atoms with Crippen molar-refractivity contribution in [3.63, 3.8) is 0 Å². The van der Waals surface area contributed by atoms with Crippen LogP contribution in [-0.2, 0) is 5.54 Å². The van der Waals surface area contributed by atoms with Gasteiger partial charge in [-0.25, -0.2) is 4.98 Å². The Kier molecular flexibility index (Phi) is 4.09. The Morgan fingerprint density at radius 3 is 2.94 bits per heavy atom. The van der Waals surface area contributed by atoms with Crippen molar-refractivity contribution in [2.75, 3.05) is 19.6 Å². The molecule has 1 saturated heterocycles. The van der Waals surface area contributed by atoms with E-state index in [2.05, 4.69) is 48.3 Å². The fourth-order valence-corrected chi connectivity index (χ4v) is 3.38. The molecule has 0 aliphatic carbocycles. The Hall–Kier alpha value is -0.450. The Morgan fingerprint density at radius 2 is 2.33 bits per heavy atom. The third-order valence-corrected chi connectivity index (χ3v) is 5.31. The number of rotatable bonds is 3. The largest absolute Gasteiger partial charge is 0.310 e. The molecule has 1 aromatic rings. The second kappa shape index (κ2) is 5.27. The number of thiazole rings is 1. The molecular weight excluding hydrogens is 242 g/mol. The minimum absolute atomic E-state index is 0.0383. The molecule has 0 spiro atoms. The fraction of sp³-hybridized carbons (Fsp3) is 0.786. The van der Waals surface area contributed by atoms with E-state index in [4.69, 9.17) is 0 Å². The molecule has 0 aromatic carbocycles. The summed E-state index contributed by atoms with van der Waals surface area (Å²) < 4.78 is 0. The predicted molar refractivity (Wildman–Crippen MR) is 78.0 cm³/mol. The van der Waals surface area contributed by atoms with Gasteiger partial charge in [0.2, 0.25) is 0 Å². The molecule has 1 aromatic heterocycles. The van der Waals surface area contributed by atoms with Crippen LogP contribution in [0.25, 0.3) is 0 Å². The van der Waals surface area contributed by atoms with Crippen molar-refractivity contribution < 1.29 is 0 Å². The Morgan fingerprint density at radius 1 is 1.56 bits per heavy atom. The van der Waals surface area contributed by atoms with Crippen molar-refractivity contribution in [1.29, 1.82) is 0 Å². The second-order valence-electron chi connectivity index (χ2n) is 6.01. The molecule has 2 rings (SSSR count). The molecule has 1 fully saturated rings. The van der Waals surface area contributed by atoms with Crippen LogP contribution in [0, 0.1) is 0 Å². The average molecular weight is 267 g/mol. The smallest absolute Gasteiger partial charge is 0.112 e. The molecule has 18 heavy (non-hydrogen) atoms. The topological polar surface area (TPSA) is 28.2 Å². The minimum atomic E-state index is 0.0383. The lowest BCUT2D eigenvalue weighted by Crippen LogP contribution is -2.53. The van der Waals surface area contributed by atoms with Gasteiger partial charge in [-0.15, -0.1) is 11.3 Å². The number of hydrogen-bond acceptors (Lipinski definition) is 4. The maximum Gasteiger partial charge on any atom is 0.112 e. The van der Waals surface area contributed by atoms with E-state index in [1.54, 1.807) is 11.3 Å². The van der Waals surface area contributed by atoms with Crippen LogP contribution < -0.4 is 5.32 Å². The third-order valence-electron chi connectivity index (χ3n) is 4.22. The lowest BCUT2D eigenvalue weighted by molar-refractivity contribution is 0.0946. The lowest BCUT2D eigenvalue weighted by atomic mass is 9.95. The fourth-order valence-electron chi connectivity index (χ4n) is 2.59. The molecule has 0 saturated carbocycles. The van der Waals surface area contributed by atoms with Crippen LogP contribution in [0.5, 0.6) is 0 Å². The van der Waals surface area contributed by atoms with E-state index >= 15 is 0 Å². The van der Waals surface area contributed by atoms with Crippen molar-refractivity contribution in [3.8, 4) is 0 Å². The lowest BCUT2D eigenvalue weighted by Gasteiger charge is -2.41. The molecule has 1 atom stereocenters. The number of nitrogens with one attached hydrogen (secondary N) is 1. The first kappa shape index (κ1) is 14.0. The zero-order valence-electron chi connectivity index (χ0n) is 12.0. The van der Waals surface area contributed by atoms with Gasteiger partial charge in [-0.1, -0.05) is 6.92 Å². The van der Waals surface area contributed by atoms with Gasteiger partial charge in [0.05, 0.1) is 5.54 Å². The van der Waals surface area contributed by atoms with Crippen LogP contribution >= 0.6 is 11.3 Å². The van der Waals surface area contributed by atoms with Crippen LogP contribution in [0.3, 0.4) is 0 Å². The predicted octanol–water partition coefficient (Wildman–Crippen LogP) is 2.84. The Bertz CT molecular complexity index is 374. The summed E-state index contributed by atoms with van der Waals surface area (Å²) in [5.41, 5.74) is 0.266. The maximum atomic E-state index is 4.52. The molecule has 0 bridgehead atoms. The quantitative estimate of drug-likeness (QED) is 0.913. The molecule has 2 heterocycles. The van der Waals surface area contributed by atoms with E-state index in [0.29, 0.717) is 0 Å². The monoisotopic (exact) mass is 267 g/mol. The van der Waals surface area contributed by atoms with Gasteiger partial charge < -0.3 is 5.32 Å². The van der Waals surface area contributed by atoms with Gasteiger partial charge in [0.1, 0.15) is 5.01 Å². The zero-order chi connectivity index (χ0) is 13.2.